The molecule has 176 valence electrons. The Morgan fingerprint density at radius 2 is 1.43 bits per heavy atom. The van der Waals surface area contributed by atoms with E-state index < -0.39 is 0 Å². The number of imidazole rings is 1. The Labute approximate surface area is 215 Å². The summed E-state index contributed by atoms with van der Waals surface area (Å²) in [6.45, 7) is 4.13. The highest BCUT2D eigenvalue weighted by Gasteiger charge is 2.16. The SMILES string of the molecule is C/C=C\C(=C/C)c1ccc(-c2ccc3c(c2)c2nc4ccccc4cc2c2nc4ccccc4n32)cc1. The van der Waals surface area contributed by atoms with Crippen LogP contribution in [0.4, 0.5) is 0 Å². The van der Waals surface area contributed by atoms with Crippen LogP contribution < -0.4 is 0 Å². The molecule has 0 spiro atoms. The third-order valence-electron chi connectivity index (χ3n) is 7.23. The van der Waals surface area contributed by atoms with Gasteiger partial charge in [-0.25, -0.2) is 9.97 Å². The lowest BCUT2D eigenvalue weighted by Gasteiger charge is -2.12. The normalized spacial score (nSPS) is 12.6. The standard InChI is InChI=1S/C34H25N3/c1-3-9-22(4-2)23-14-16-24(17-15-23)25-18-19-31-27(20-25)33-28(21-26-10-5-6-11-29(26)35-33)34-36-30-12-7-8-13-32(30)37(31)34/h3-21H,1-2H3/b9-3-,22-4+. The zero-order valence-corrected chi connectivity index (χ0v) is 20.8. The first-order valence-electron chi connectivity index (χ1n) is 12.7. The topological polar surface area (TPSA) is 30.2 Å². The molecule has 0 saturated carbocycles. The number of allylic oxidation sites excluding steroid dienone is 4. The molecule has 0 N–H and O–H groups in total. The van der Waals surface area contributed by atoms with Crippen LogP contribution in [0.5, 0.6) is 0 Å². The van der Waals surface area contributed by atoms with Crippen molar-refractivity contribution in [3.05, 3.63) is 121 Å². The van der Waals surface area contributed by atoms with Crippen molar-refractivity contribution < 1.29 is 0 Å². The van der Waals surface area contributed by atoms with Crippen LogP contribution in [0, 0.1) is 0 Å². The summed E-state index contributed by atoms with van der Waals surface area (Å²) in [5.41, 5.74) is 10.9. The van der Waals surface area contributed by atoms with Crippen molar-refractivity contribution in [2.75, 3.05) is 0 Å². The van der Waals surface area contributed by atoms with E-state index in [1.54, 1.807) is 0 Å². The van der Waals surface area contributed by atoms with E-state index >= 15 is 0 Å². The molecule has 7 aromatic rings. The molecule has 0 atom stereocenters. The molecular weight excluding hydrogens is 450 g/mol. The van der Waals surface area contributed by atoms with Gasteiger partial charge in [-0.15, -0.1) is 0 Å². The fourth-order valence-corrected chi connectivity index (χ4v) is 5.44. The van der Waals surface area contributed by atoms with E-state index in [1.165, 1.54) is 22.3 Å². The van der Waals surface area contributed by atoms with Gasteiger partial charge in [0, 0.05) is 16.2 Å². The first-order chi connectivity index (χ1) is 18.2. The summed E-state index contributed by atoms with van der Waals surface area (Å²) in [4.78, 5) is 10.2. The van der Waals surface area contributed by atoms with Gasteiger partial charge in [-0.3, -0.25) is 4.40 Å². The summed E-state index contributed by atoms with van der Waals surface area (Å²) in [5, 5.41) is 3.32. The molecule has 0 aliphatic rings. The lowest BCUT2D eigenvalue weighted by atomic mass is 9.98. The molecule has 0 bridgehead atoms. The number of para-hydroxylation sites is 3. The van der Waals surface area contributed by atoms with Gasteiger partial charge in [-0.2, -0.15) is 0 Å². The van der Waals surface area contributed by atoms with Crippen molar-refractivity contribution in [1.82, 2.24) is 14.4 Å². The highest BCUT2D eigenvalue weighted by atomic mass is 15.0. The summed E-state index contributed by atoms with van der Waals surface area (Å²) in [5.74, 6) is 0. The monoisotopic (exact) mass is 475 g/mol. The molecule has 0 saturated heterocycles. The molecule has 37 heavy (non-hydrogen) atoms. The second kappa shape index (κ2) is 8.42. The molecular formula is C34H25N3. The van der Waals surface area contributed by atoms with Crippen LogP contribution in [0.2, 0.25) is 0 Å². The van der Waals surface area contributed by atoms with Gasteiger partial charge in [-0.1, -0.05) is 78.9 Å². The minimum absolute atomic E-state index is 0.946. The van der Waals surface area contributed by atoms with Crippen molar-refractivity contribution in [2.24, 2.45) is 0 Å². The first kappa shape index (κ1) is 21.5. The van der Waals surface area contributed by atoms with Crippen LogP contribution in [0.3, 0.4) is 0 Å². The number of fused-ring (bicyclic) bond motifs is 9. The Bertz CT molecular complexity index is 2040. The molecule has 3 aromatic heterocycles. The Morgan fingerprint density at radius 3 is 2.24 bits per heavy atom. The molecule has 0 amide bonds. The molecule has 0 radical (unpaired) electrons. The van der Waals surface area contributed by atoms with E-state index in [2.05, 4.69) is 121 Å². The van der Waals surface area contributed by atoms with Gasteiger partial charge in [0.25, 0.3) is 0 Å². The number of benzene rings is 4. The number of hydrogen-bond donors (Lipinski definition) is 0. The Kier molecular flexibility index (Phi) is 4.90. The van der Waals surface area contributed by atoms with Crippen molar-refractivity contribution in [3.63, 3.8) is 0 Å². The van der Waals surface area contributed by atoms with Crippen LogP contribution in [0.15, 0.2) is 115 Å². The lowest BCUT2D eigenvalue weighted by molar-refractivity contribution is 1.31. The Morgan fingerprint density at radius 1 is 0.676 bits per heavy atom. The molecule has 0 aliphatic heterocycles. The lowest BCUT2D eigenvalue weighted by Crippen LogP contribution is -1.94. The van der Waals surface area contributed by atoms with E-state index in [-0.39, 0.29) is 0 Å². The molecule has 3 heterocycles. The fourth-order valence-electron chi connectivity index (χ4n) is 5.44. The van der Waals surface area contributed by atoms with Crippen LogP contribution in [-0.4, -0.2) is 14.4 Å². The Hall–Kier alpha value is -4.76. The third kappa shape index (κ3) is 3.35. The maximum atomic E-state index is 5.16. The van der Waals surface area contributed by atoms with Crippen LogP contribution >= 0.6 is 0 Å². The number of aromatic nitrogens is 3. The van der Waals surface area contributed by atoms with Crippen LogP contribution in [-0.2, 0) is 0 Å². The minimum Gasteiger partial charge on any atom is -0.292 e. The van der Waals surface area contributed by atoms with Crippen molar-refractivity contribution >= 4 is 55.0 Å². The average Bonchev–Trinajstić information content (AvgIpc) is 3.35. The van der Waals surface area contributed by atoms with E-state index in [4.69, 9.17) is 9.97 Å². The molecule has 7 rings (SSSR count). The number of hydrogen-bond acceptors (Lipinski definition) is 2. The van der Waals surface area contributed by atoms with Gasteiger partial charge < -0.3 is 0 Å². The summed E-state index contributed by atoms with van der Waals surface area (Å²) >= 11 is 0. The molecule has 0 fully saturated rings. The highest BCUT2D eigenvalue weighted by molar-refractivity contribution is 6.15. The maximum Gasteiger partial charge on any atom is 0.147 e. The summed E-state index contributed by atoms with van der Waals surface area (Å²) in [6, 6.07) is 34.4. The van der Waals surface area contributed by atoms with Gasteiger partial charge in [0.1, 0.15) is 5.65 Å². The van der Waals surface area contributed by atoms with E-state index in [0.717, 1.165) is 49.4 Å². The van der Waals surface area contributed by atoms with Crippen LogP contribution in [0.25, 0.3) is 66.1 Å². The van der Waals surface area contributed by atoms with Crippen molar-refractivity contribution in [2.45, 2.75) is 13.8 Å². The average molecular weight is 476 g/mol. The van der Waals surface area contributed by atoms with Gasteiger partial charge in [-0.05, 0) is 72.5 Å². The third-order valence-corrected chi connectivity index (χ3v) is 7.23. The highest BCUT2D eigenvalue weighted by Crippen LogP contribution is 2.35. The van der Waals surface area contributed by atoms with Crippen molar-refractivity contribution in [3.8, 4) is 11.1 Å². The summed E-state index contributed by atoms with van der Waals surface area (Å²) in [7, 11) is 0. The summed E-state index contributed by atoms with van der Waals surface area (Å²) < 4.78 is 2.28. The minimum atomic E-state index is 0.946. The predicted octanol–water partition coefficient (Wildman–Crippen LogP) is 8.99. The maximum absolute atomic E-state index is 5.16. The second-order valence-corrected chi connectivity index (χ2v) is 9.39. The predicted molar refractivity (Wildman–Crippen MR) is 157 cm³/mol. The van der Waals surface area contributed by atoms with E-state index in [0.29, 0.717) is 0 Å². The number of nitrogens with zero attached hydrogens (tertiary/aromatic N) is 3. The first-order valence-corrected chi connectivity index (χ1v) is 12.7. The zero-order valence-electron chi connectivity index (χ0n) is 20.8. The Balaban J connectivity index is 1.53. The largest absolute Gasteiger partial charge is 0.292 e. The molecule has 3 heteroatoms. The van der Waals surface area contributed by atoms with Crippen LogP contribution in [0.1, 0.15) is 19.4 Å². The second-order valence-electron chi connectivity index (χ2n) is 9.39. The van der Waals surface area contributed by atoms with Gasteiger partial charge in [0.05, 0.1) is 27.6 Å². The van der Waals surface area contributed by atoms with Gasteiger partial charge >= 0.3 is 0 Å². The molecule has 4 aromatic carbocycles. The van der Waals surface area contributed by atoms with Gasteiger partial charge in [0.15, 0.2) is 0 Å². The molecule has 0 aliphatic carbocycles. The fraction of sp³-hybridized carbons (Fsp3) is 0.0588. The zero-order chi connectivity index (χ0) is 24.9. The summed E-state index contributed by atoms with van der Waals surface area (Å²) in [6.07, 6.45) is 6.37. The van der Waals surface area contributed by atoms with Gasteiger partial charge in [0.2, 0.25) is 0 Å². The number of pyridine rings is 2. The van der Waals surface area contributed by atoms with E-state index in [9.17, 15) is 0 Å². The van der Waals surface area contributed by atoms with E-state index in [1.807, 2.05) is 12.1 Å². The van der Waals surface area contributed by atoms with Crippen molar-refractivity contribution in [1.29, 1.82) is 0 Å². The molecule has 0 unspecified atom stereocenters. The smallest absolute Gasteiger partial charge is 0.147 e. The quantitative estimate of drug-likeness (QED) is 0.145. The molecule has 3 nitrogen and oxygen atoms in total. The number of rotatable bonds is 3.